The van der Waals surface area contributed by atoms with Crippen molar-refractivity contribution >= 4 is 15.9 Å². The Hall–Kier alpha value is -1.99. The van der Waals surface area contributed by atoms with Gasteiger partial charge in [-0.1, -0.05) is 24.3 Å². The van der Waals surface area contributed by atoms with E-state index in [0.717, 1.165) is 5.56 Å². The molecule has 0 saturated carbocycles. The summed E-state index contributed by atoms with van der Waals surface area (Å²) in [5, 5.41) is 5.76. The van der Waals surface area contributed by atoms with Crippen LogP contribution in [-0.4, -0.2) is 24.4 Å². The van der Waals surface area contributed by atoms with Gasteiger partial charge in [-0.2, -0.15) is 5.10 Å². The maximum atomic E-state index is 13.8. The number of rotatable bonds is 5. The van der Waals surface area contributed by atoms with Gasteiger partial charge in [0.15, 0.2) is 5.03 Å². The van der Waals surface area contributed by atoms with E-state index in [2.05, 4.69) is 10.2 Å². The molecular formula is C13H14FN3O2S. The molecule has 0 radical (unpaired) electrons. The number of hydrogen-bond donors (Lipinski definition) is 2. The van der Waals surface area contributed by atoms with Gasteiger partial charge in [0.25, 0.3) is 0 Å². The van der Waals surface area contributed by atoms with E-state index < -0.39 is 21.4 Å². The monoisotopic (exact) mass is 295 g/mol. The highest BCUT2D eigenvalue weighted by Crippen LogP contribution is 2.15. The predicted molar refractivity (Wildman–Crippen MR) is 74.1 cm³/mol. The molecule has 0 aliphatic carbocycles. The van der Waals surface area contributed by atoms with Crippen LogP contribution in [0.15, 0.2) is 47.4 Å². The molecule has 1 heterocycles. The lowest BCUT2D eigenvalue weighted by molar-refractivity contribution is 0.582. The molecule has 20 heavy (non-hydrogen) atoms. The van der Waals surface area contributed by atoms with E-state index in [0.29, 0.717) is 12.1 Å². The minimum absolute atomic E-state index is 0.100. The maximum Gasteiger partial charge on any atom is 0.201 e. The van der Waals surface area contributed by atoms with Crippen molar-refractivity contribution in [3.05, 3.63) is 53.5 Å². The minimum Gasteiger partial charge on any atom is -0.326 e. The first-order valence-electron chi connectivity index (χ1n) is 5.88. The normalized spacial score (nSPS) is 12.6. The molecule has 0 bridgehead atoms. The Morgan fingerprint density at radius 2 is 2.20 bits per heavy atom. The van der Waals surface area contributed by atoms with Crippen LogP contribution in [0.5, 0.6) is 0 Å². The second kappa shape index (κ2) is 5.98. The van der Waals surface area contributed by atoms with Crippen LogP contribution in [0.25, 0.3) is 6.08 Å². The Morgan fingerprint density at radius 3 is 2.85 bits per heavy atom. The van der Waals surface area contributed by atoms with Gasteiger partial charge >= 0.3 is 0 Å². The molecule has 0 aliphatic heterocycles. The molecule has 0 spiro atoms. The lowest BCUT2D eigenvalue weighted by Gasteiger charge is -2.01. The maximum absolute atomic E-state index is 13.8. The van der Waals surface area contributed by atoms with Crippen LogP contribution in [0.2, 0.25) is 0 Å². The minimum atomic E-state index is -3.74. The van der Waals surface area contributed by atoms with E-state index in [1.54, 1.807) is 18.2 Å². The number of nitrogens with zero attached hydrogens (tertiary/aromatic N) is 1. The summed E-state index contributed by atoms with van der Waals surface area (Å²) in [5.74, 6) is -1.45. The zero-order chi connectivity index (χ0) is 14.6. The summed E-state index contributed by atoms with van der Waals surface area (Å²) in [4.78, 5) is 0. The van der Waals surface area contributed by atoms with E-state index in [1.165, 1.54) is 18.3 Å². The first kappa shape index (κ1) is 14.4. The Bertz CT molecular complexity index is 709. The fourth-order valence-corrected chi connectivity index (χ4v) is 2.77. The van der Waals surface area contributed by atoms with Crippen molar-refractivity contribution in [2.45, 2.75) is 11.6 Å². The topological polar surface area (TPSA) is 88.8 Å². The van der Waals surface area contributed by atoms with E-state index in [9.17, 15) is 12.8 Å². The third-order valence-electron chi connectivity index (χ3n) is 2.65. The van der Waals surface area contributed by atoms with Gasteiger partial charge in [-0.25, -0.2) is 12.8 Å². The molecule has 1 aromatic heterocycles. The summed E-state index contributed by atoms with van der Waals surface area (Å²) >= 11 is 0. The van der Waals surface area contributed by atoms with Gasteiger partial charge in [-0.05, 0) is 23.3 Å². The van der Waals surface area contributed by atoms with Gasteiger partial charge in [0.1, 0.15) is 11.6 Å². The highest BCUT2D eigenvalue weighted by Gasteiger charge is 2.18. The van der Waals surface area contributed by atoms with E-state index >= 15 is 0 Å². The van der Waals surface area contributed by atoms with Crippen LogP contribution >= 0.6 is 0 Å². The van der Waals surface area contributed by atoms with Crippen molar-refractivity contribution in [3.8, 4) is 0 Å². The molecule has 0 aliphatic rings. The molecule has 0 saturated heterocycles. The number of H-pyrrole nitrogens is 1. The summed E-state index contributed by atoms with van der Waals surface area (Å²) in [6, 6.07) is 8.24. The van der Waals surface area contributed by atoms with Crippen LogP contribution < -0.4 is 5.73 Å². The summed E-state index contributed by atoms with van der Waals surface area (Å²) < 4.78 is 37.5. The van der Waals surface area contributed by atoms with E-state index in [1.807, 2.05) is 6.07 Å². The number of nitrogens with one attached hydrogen (secondary N) is 1. The standard InChI is InChI=1S/C13H14FN3O2S/c14-12(7-10-2-1-3-11(6-10)8-15)9-20(18,19)13-4-5-16-17-13/h1-7H,8-9,15H2,(H,16,17). The van der Waals surface area contributed by atoms with Gasteiger partial charge in [-0.3, -0.25) is 5.10 Å². The largest absolute Gasteiger partial charge is 0.326 e. The highest BCUT2D eigenvalue weighted by atomic mass is 32.2. The molecule has 1 aromatic carbocycles. The quantitative estimate of drug-likeness (QED) is 0.878. The number of halogens is 1. The Labute approximate surface area is 116 Å². The highest BCUT2D eigenvalue weighted by molar-refractivity contribution is 7.91. The molecule has 106 valence electrons. The van der Waals surface area contributed by atoms with Crippen molar-refractivity contribution in [1.29, 1.82) is 0 Å². The Balaban J connectivity index is 2.19. The molecule has 5 nitrogen and oxygen atoms in total. The summed E-state index contributed by atoms with van der Waals surface area (Å²) in [6.45, 7) is 0.343. The van der Waals surface area contributed by atoms with Crippen LogP contribution in [0.1, 0.15) is 11.1 Å². The predicted octanol–water partition coefficient (Wildman–Crippen LogP) is 1.65. The molecule has 2 rings (SSSR count). The average molecular weight is 295 g/mol. The van der Waals surface area contributed by atoms with Crippen molar-refractivity contribution in [3.63, 3.8) is 0 Å². The molecule has 3 N–H and O–H groups in total. The average Bonchev–Trinajstić information content (AvgIpc) is 2.92. The van der Waals surface area contributed by atoms with Crippen LogP contribution in [0.4, 0.5) is 4.39 Å². The number of hydrogen-bond acceptors (Lipinski definition) is 4. The van der Waals surface area contributed by atoms with Gasteiger partial charge in [0.05, 0.1) is 6.20 Å². The molecule has 0 fully saturated rings. The van der Waals surface area contributed by atoms with Crippen molar-refractivity contribution in [1.82, 2.24) is 10.2 Å². The summed E-state index contributed by atoms with van der Waals surface area (Å²) in [7, 11) is -3.74. The van der Waals surface area contributed by atoms with Crippen LogP contribution in [0.3, 0.4) is 0 Å². The van der Waals surface area contributed by atoms with Crippen molar-refractivity contribution < 1.29 is 12.8 Å². The zero-order valence-corrected chi connectivity index (χ0v) is 11.4. The number of aromatic amines is 1. The molecule has 0 atom stereocenters. The van der Waals surface area contributed by atoms with Crippen molar-refractivity contribution in [2.75, 3.05) is 5.75 Å². The second-order valence-electron chi connectivity index (χ2n) is 4.22. The fourth-order valence-electron chi connectivity index (χ4n) is 1.71. The molecular weight excluding hydrogens is 281 g/mol. The summed E-state index contributed by atoms with van der Waals surface area (Å²) in [6.07, 6.45) is 2.49. The Morgan fingerprint density at radius 1 is 1.40 bits per heavy atom. The number of nitrogens with two attached hydrogens (primary N) is 1. The fraction of sp³-hybridized carbons (Fsp3) is 0.154. The van der Waals surface area contributed by atoms with Gasteiger partial charge in [0, 0.05) is 6.54 Å². The van der Waals surface area contributed by atoms with Crippen LogP contribution in [-0.2, 0) is 16.4 Å². The van der Waals surface area contributed by atoms with Crippen molar-refractivity contribution in [2.24, 2.45) is 5.73 Å². The number of aromatic nitrogens is 2. The number of sulfone groups is 1. The van der Waals surface area contributed by atoms with E-state index in [-0.39, 0.29) is 5.03 Å². The number of benzene rings is 1. The third kappa shape index (κ3) is 3.52. The van der Waals surface area contributed by atoms with Crippen LogP contribution in [0, 0.1) is 0 Å². The first-order chi connectivity index (χ1) is 9.51. The zero-order valence-electron chi connectivity index (χ0n) is 10.6. The smallest absolute Gasteiger partial charge is 0.201 e. The van der Waals surface area contributed by atoms with E-state index in [4.69, 9.17) is 5.73 Å². The molecule has 0 amide bonds. The molecule has 2 aromatic rings. The molecule has 0 unspecified atom stereocenters. The molecule has 7 heteroatoms. The summed E-state index contributed by atoms with van der Waals surface area (Å²) in [5.41, 5.74) is 6.92. The van der Waals surface area contributed by atoms with Gasteiger partial charge in [0.2, 0.25) is 9.84 Å². The Kier molecular flexibility index (Phi) is 4.31. The third-order valence-corrected chi connectivity index (χ3v) is 4.20. The lowest BCUT2D eigenvalue weighted by Crippen LogP contribution is -2.07. The second-order valence-corrected chi connectivity index (χ2v) is 6.18. The first-order valence-corrected chi connectivity index (χ1v) is 7.54. The van der Waals surface area contributed by atoms with Gasteiger partial charge in [-0.15, -0.1) is 0 Å². The SMILES string of the molecule is NCc1cccc(C=C(F)CS(=O)(=O)c2ccn[nH]2)c1. The lowest BCUT2D eigenvalue weighted by atomic mass is 10.1. The van der Waals surface area contributed by atoms with Gasteiger partial charge < -0.3 is 5.73 Å².